The molecule has 26 heavy (non-hydrogen) atoms. The van der Waals surface area contributed by atoms with Gasteiger partial charge in [0.1, 0.15) is 4.90 Å². The Bertz CT molecular complexity index is 930. The normalized spacial score (nSPS) is 16.7. The van der Waals surface area contributed by atoms with Crippen molar-refractivity contribution in [2.24, 2.45) is 7.05 Å². The van der Waals surface area contributed by atoms with Gasteiger partial charge in [0, 0.05) is 33.2 Å². The third-order valence-electron chi connectivity index (χ3n) is 4.72. The number of aryl methyl sites for hydroxylation is 3. The number of carbonyl (C=O) groups excluding carboxylic acids is 1. The Kier molecular flexibility index (Phi) is 5.23. The quantitative estimate of drug-likeness (QED) is 0.795. The van der Waals surface area contributed by atoms with Gasteiger partial charge in [0.15, 0.2) is 0 Å². The molecule has 2 aromatic heterocycles. The van der Waals surface area contributed by atoms with Crippen LogP contribution < -0.4 is 0 Å². The molecule has 3 heterocycles. The minimum Gasteiger partial charge on any atom is -0.337 e. The van der Waals surface area contributed by atoms with Gasteiger partial charge in [0.25, 0.3) is 5.91 Å². The lowest BCUT2D eigenvalue weighted by atomic mass is 10.3. The van der Waals surface area contributed by atoms with E-state index in [4.69, 9.17) is 0 Å². The zero-order valence-electron chi connectivity index (χ0n) is 15.5. The first kappa shape index (κ1) is 19.1. The summed E-state index contributed by atoms with van der Waals surface area (Å²) in [5.74, 6) is -0.0175. The van der Waals surface area contributed by atoms with E-state index in [2.05, 4.69) is 5.10 Å². The van der Waals surface area contributed by atoms with Crippen molar-refractivity contribution in [3.8, 4) is 0 Å². The number of rotatable bonds is 3. The molecule has 0 spiro atoms. The van der Waals surface area contributed by atoms with Crippen LogP contribution >= 0.6 is 11.3 Å². The van der Waals surface area contributed by atoms with Gasteiger partial charge in [-0.1, -0.05) is 0 Å². The summed E-state index contributed by atoms with van der Waals surface area (Å²) < 4.78 is 29.3. The first-order valence-electron chi connectivity index (χ1n) is 8.56. The highest BCUT2D eigenvalue weighted by atomic mass is 32.2. The van der Waals surface area contributed by atoms with Gasteiger partial charge in [-0.2, -0.15) is 9.40 Å². The second kappa shape index (κ2) is 7.13. The Morgan fingerprint density at radius 2 is 1.88 bits per heavy atom. The SMILES string of the molecule is Cc1csc(C(=O)N2CCCN(S(=O)(=O)c3c(C)nn(C)c3C)CC2)c1. The highest BCUT2D eigenvalue weighted by Crippen LogP contribution is 2.24. The fourth-order valence-corrected chi connectivity index (χ4v) is 6.03. The van der Waals surface area contributed by atoms with E-state index in [9.17, 15) is 13.2 Å². The molecule has 3 rings (SSSR count). The van der Waals surface area contributed by atoms with E-state index in [1.54, 1.807) is 30.5 Å². The van der Waals surface area contributed by atoms with Crippen LogP contribution in [-0.2, 0) is 17.1 Å². The lowest BCUT2D eigenvalue weighted by Gasteiger charge is -2.21. The minimum absolute atomic E-state index is 0.0175. The molecule has 0 saturated carbocycles. The van der Waals surface area contributed by atoms with Crippen molar-refractivity contribution in [1.29, 1.82) is 0 Å². The first-order chi connectivity index (χ1) is 12.2. The molecule has 1 fully saturated rings. The molecule has 1 saturated heterocycles. The van der Waals surface area contributed by atoms with Crippen molar-refractivity contribution >= 4 is 27.3 Å². The summed E-state index contributed by atoms with van der Waals surface area (Å²) in [5, 5.41) is 6.18. The van der Waals surface area contributed by atoms with Crippen LogP contribution in [0.5, 0.6) is 0 Å². The van der Waals surface area contributed by atoms with Crippen LogP contribution in [-0.4, -0.2) is 59.5 Å². The summed E-state index contributed by atoms with van der Waals surface area (Å²) in [7, 11) is -1.88. The molecule has 1 aliphatic rings. The number of thiophene rings is 1. The molecule has 0 bridgehead atoms. The maximum Gasteiger partial charge on any atom is 0.263 e. The molecule has 7 nitrogen and oxygen atoms in total. The largest absolute Gasteiger partial charge is 0.337 e. The second-order valence-electron chi connectivity index (χ2n) is 6.66. The van der Waals surface area contributed by atoms with Gasteiger partial charge >= 0.3 is 0 Å². The van der Waals surface area contributed by atoms with E-state index in [-0.39, 0.29) is 10.8 Å². The summed E-state index contributed by atoms with van der Waals surface area (Å²) in [5.41, 5.74) is 2.21. The van der Waals surface area contributed by atoms with Gasteiger partial charge in [0.2, 0.25) is 10.0 Å². The van der Waals surface area contributed by atoms with Crippen LogP contribution in [0.25, 0.3) is 0 Å². The van der Waals surface area contributed by atoms with Crippen molar-refractivity contribution in [2.45, 2.75) is 32.1 Å². The van der Waals surface area contributed by atoms with Crippen molar-refractivity contribution in [2.75, 3.05) is 26.2 Å². The zero-order valence-corrected chi connectivity index (χ0v) is 17.2. The fourth-order valence-electron chi connectivity index (χ4n) is 3.29. The predicted molar refractivity (Wildman–Crippen MR) is 101 cm³/mol. The summed E-state index contributed by atoms with van der Waals surface area (Å²) in [4.78, 5) is 15.4. The molecule has 0 atom stereocenters. The molecule has 1 amide bonds. The molecular formula is C17H24N4O3S2. The van der Waals surface area contributed by atoms with Crippen molar-refractivity contribution in [3.63, 3.8) is 0 Å². The van der Waals surface area contributed by atoms with Crippen LogP contribution in [0.1, 0.15) is 33.0 Å². The van der Waals surface area contributed by atoms with E-state index < -0.39 is 10.0 Å². The van der Waals surface area contributed by atoms with Gasteiger partial charge < -0.3 is 4.90 Å². The summed E-state index contributed by atoms with van der Waals surface area (Å²) >= 11 is 1.43. The number of hydrogen-bond donors (Lipinski definition) is 0. The number of amides is 1. The monoisotopic (exact) mass is 396 g/mol. The number of aromatic nitrogens is 2. The third-order valence-corrected chi connectivity index (χ3v) is 7.91. The average Bonchev–Trinajstić information content (AvgIpc) is 2.99. The zero-order chi connectivity index (χ0) is 19.1. The average molecular weight is 397 g/mol. The van der Waals surface area contributed by atoms with E-state index >= 15 is 0 Å². The Labute approximate surface area is 158 Å². The van der Waals surface area contributed by atoms with E-state index in [1.165, 1.54) is 15.6 Å². The lowest BCUT2D eigenvalue weighted by Crippen LogP contribution is -2.37. The first-order valence-corrected chi connectivity index (χ1v) is 10.9. The Hall–Kier alpha value is -1.71. The molecule has 9 heteroatoms. The maximum atomic E-state index is 13.1. The molecule has 0 unspecified atom stereocenters. The van der Waals surface area contributed by atoms with Crippen LogP contribution in [0.15, 0.2) is 16.3 Å². The third kappa shape index (κ3) is 3.43. The van der Waals surface area contributed by atoms with Crippen LogP contribution in [0.4, 0.5) is 0 Å². The number of sulfonamides is 1. The number of nitrogens with zero attached hydrogens (tertiary/aromatic N) is 4. The molecular weight excluding hydrogens is 372 g/mol. The Balaban J connectivity index is 1.79. The predicted octanol–water partition coefficient (Wildman–Crippen LogP) is 1.94. The lowest BCUT2D eigenvalue weighted by molar-refractivity contribution is 0.0769. The Morgan fingerprint density at radius 1 is 1.15 bits per heavy atom. The van der Waals surface area contributed by atoms with Crippen molar-refractivity contribution < 1.29 is 13.2 Å². The standard InChI is InChI=1S/C17H24N4O3S2/c1-12-10-15(25-11-12)17(22)20-6-5-7-21(9-8-20)26(23,24)16-13(2)18-19(4)14(16)3/h10-11H,5-9H2,1-4H3. The molecule has 142 valence electrons. The second-order valence-corrected chi connectivity index (χ2v) is 9.45. The number of hydrogen-bond acceptors (Lipinski definition) is 5. The minimum atomic E-state index is -3.62. The molecule has 0 aromatic carbocycles. The van der Waals surface area contributed by atoms with Gasteiger partial charge in [0.05, 0.1) is 16.3 Å². The summed E-state index contributed by atoms with van der Waals surface area (Å²) in [6.07, 6.45) is 0.619. The molecule has 1 aliphatic heterocycles. The molecule has 0 aliphatic carbocycles. The van der Waals surface area contributed by atoms with Gasteiger partial charge in [-0.25, -0.2) is 8.42 Å². The van der Waals surface area contributed by atoms with Crippen LogP contribution in [0.3, 0.4) is 0 Å². The van der Waals surface area contributed by atoms with Gasteiger partial charge in [-0.3, -0.25) is 9.48 Å². The maximum absolute atomic E-state index is 13.1. The highest BCUT2D eigenvalue weighted by molar-refractivity contribution is 7.89. The van der Waals surface area contributed by atoms with Gasteiger partial charge in [-0.15, -0.1) is 11.3 Å². The summed E-state index contributed by atoms with van der Waals surface area (Å²) in [6, 6.07) is 1.88. The Morgan fingerprint density at radius 3 is 2.46 bits per heavy atom. The molecule has 2 aromatic rings. The smallest absolute Gasteiger partial charge is 0.263 e. The fraction of sp³-hybridized carbons (Fsp3) is 0.529. The van der Waals surface area contributed by atoms with E-state index in [0.717, 1.165) is 5.56 Å². The van der Waals surface area contributed by atoms with Crippen molar-refractivity contribution in [1.82, 2.24) is 19.0 Å². The van der Waals surface area contributed by atoms with Crippen LogP contribution in [0, 0.1) is 20.8 Å². The number of carbonyl (C=O) groups is 1. The highest BCUT2D eigenvalue weighted by Gasteiger charge is 2.32. The van der Waals surface area contributed by atoms with E-state index in [0.29, 0.717) is 48.9 Å². The molecule has 0 radical (unpaired) electrons. The van der Waals surface area contributed by atoms with Gasteiger partial charge in [-0.05, 0) is 44.2 Å². The topological polar surface area (TPSA) is 75.5 Å². The van der Waals surface area contributed by atoms with Crippen molar-refractivity contribution in [3.05, 3.63) is 33.3 Å². The van der Waals surface area contributed by atoms with Crippen LogP contribution in [0.2, 0.25) is 0 Å². The molecule has 0 N–H and O–H groups in total. The summed E-state index contributed by atoms with van der Waals surface area (Å²) in [6.45, 7) is 7.10. The van der Waals surface area contributed by atoms with E-state index in [1.807, 2.05) is 18.4 Å².